The Labute approximate surface area is 117 Å². The Bertz CT molecular complexity index is 505. The highest BCUT2D eigenvalue weighted by Crippen LogP contribution is 2.06. The van der Waals surface area contributed by atoms with E-state index in [0.717, 1.165) is 19.5 Å². The second kappa shape index (κ2) is 7.07. The summed E-state index contributed by atoms with van der Waals surface area (Å²) < 4.78 is 0. The van der Waals surface area contributed by atoms with Crippen LogP contribution in [-0.4, -0.2) is 19.5 Å². The topological polar surface area (TPSA) is 41.1 Å². The minimum absolute atomic E-state index is 0.0445. The first-order valence-electron chi connectivity index (χ1n) is 6.32. The van der Waals surface area contributed by atoms with Gasteiger partial charge in [-0.3, -0.25) is 4.79 Å². The van der Waals surface area contributed by atoms with Crippen molar-refractivity contribution in [3.05, 3.63) is 57.8 Å². The molecule has 2 aromatic rings. The number of amides is 1. The van der Waals surface area contributed by atoms with Crippen LogP contribution in [0.4, 0.5) is 0 Å². The van der Waals surface area contributed by atoms with E-state index >= 15 is 0 Å². The van der Waals surface area contributed by atoms with E-state index in [1.807, 2.05) is 24.3 Å². The van der Waals surface area contributed by atoms with Gasteiger partial charge in [-0.05, 0) is 53.1 Å². The normalized spacial score (nSPS) is 10.4. The third kappa shape index (κ3) is 4.19. The number of benzene rings is 1. The lowest BCUT2D eigenvalue weighted by Gasteiger charge is -2.05. The first-order valence-corrected chi connectivity index (χ1v) is 7.26. The monoisotopic (exact) mass is 274 g/mol. The second-order valence-electron chi connectivity index (χ2n) is 4.33. The molecule has 1 aromatic carbocycles. The third-order valence-corrected chi connectivity index (χ3v) is 3.67. The molecule has 0 spiro atoms. The standard InChI is InChI=1S/C15H18N2OS/c1-16-15(18)14-4-2-12(3-5-14)10-17-8-6-13-7-9-19-11-13/h2-5,7,9,11,17H,6,8,10H2,1H3,(H,16,18). The molecule has 1 heterocycles. The molecule has 19 heavy (non-hydrogen) atoms. The predicted octanol–water partition coefficient (Wildman–Crippen LogP) is 2.44. The zero-order valence-electron chi connectivity index (χ0n) is 11.0. The van der Waals surface area contributed by atoms with Crippen LogP contribution in [0.1, 0.15) is 21.5 Å². The lowest BCUT2D eigenvalue weighted by molar-refractivity contribution is 0.0963. The van der Waals surface area contributed by atoms with Crippen LogP contribution in [0.3, 0.4) is 0 Å². The largest absolute Gasteiger partial charge is 0.355 e. The molecule has 0 saturated carbocycles. The minimum Gasteiger partial charge on any atom is -0.355 e. The molecule has 0 atom stereocenters. The van der Waals surface area contributed by atoms with Crippen molar-refractivity contribution < 1.29 is 4.79 Å². The molecule has 0 saturated heterocycles. The fraction of sp³-hybridized carbons (Fsp3) is 0.267. The zero-order valence-corrected chi connectivity index (χ0v) is 11.8. The average molecular weight is 274 g/mol. The van der Waals surface area contributed by atoms with Crippen molar-refractivity contribution in [2.45, 2.75) is 13.0 Å². The van der Waals surface area contributed by atoms with Gasteiger partial charge in [-0.25, -0.2) is 0 Å². The van der Waals surface area contributed by atoms with Gasteiger partial charge in [-0.1, -0.05) is 12.1 Å². The molecule has 2 N–H and O–H groups in total. The molecule has 4 heteroatoms. The van der Waals surface area contributed by atoms with Crippen molar-refractivity contribution in [2.24, 2.45) is 0 Å². The van der Waals surface area contributed by atoms with Crippen LogP contribution in [0.5, 0.6) is 0 Å². The third-order valence-electron chi connectivity index (χ3n) is 2.94. The maximum atomic E-state index is 11.4. The Morgan fingerprint density at radius 2 is 1.95 bits per heavy atom. The van der Waals surface area contributed by atoms with E-state index in [2.05, 4.69) is 27.5 Å². The van der Waals surface area contributed by atoms with E-state index < -0.39 is 0 Å². The molecule has 0 fully saturated rings. The zero-order chi connectivity index (χ0) is 13.5. The summed E-state index contributed by atoms with van der Waals surface area (Å²) in [4.78, 5) is 11.4. The molecule has 0 radical (unpaired) electrons. The summed E-state index contributed by atoms with van der Waals surface area (Å²) in [6.45, 7) is 1.80. The molecule has 0 aliphatic rings. The molecule has 0 aliphatic carbocycles. The summed E-state index contributed by atoms with van der Waals surface area (Å²) in [6.07, 6.45) is 1.06. The fourth-order valence-corrected chi connectivity index (χ4v) is 2.52. The summed E-state index contributed by atoms with van der Waals surface area (Å²) in [6, 6.07) is 9.85. The van der Waals surface area contributed by atoms with Crippen LogP contribution in [-0.2, 0) is 13.0 Å². The fourth-order valence-electron chi connectivity index (χ4n) is 1.82. The van der Waals surface area contributed by atoms with Gasteiger partial charge in [0.05, 0.1) is 0 Å². The number of carbonyl (C=O) groups is 1. The second-order valence-corrected chi connectivity index (χ2v) is 5.11. The number of carbonyl (C=O) groups excluding carboxylic acids is 1. The Morgan fingerprint density at radius 1 is 1.16 bits per heavy atom. The van der Waals surface area contributed by atoms with Crippen molar-refractivity contribution in [3.8, 4) is 0 Å². The maximum Gasteiger partial charge on any atom is 0.251 e. The van der Waals surface area contributed by atoms with Gasteiger partial charge >= 0.3 is 0 Å². The number of hydrogen-bond acceptors (Lipinski definition) is 3. The van der Waals surface area contributed by atoms with Crippen molar-refractivity contribution in [3.63, 3.8) is 0 Å². The van der Waals surface area contributed by atoms with E-state index in [9.17, 15) is 4.79 Å². The maximum absolute atomic E-state index is 11.4. The van der Waals surface area contributed by atoms with Crippen LogP contribution < -0.4 is 10.6 Å². The summed E-state index contributed by atoms with van der Waals surface area (Å²) in [5, 5.41) is 10.3. The molecule has 1 amide bonds. The summed E-state index contributed by atoms with van der Waals surface area (Å²) in [7, 11) is 1.64. The van der Waals surface area contributed by atoms with Crippen molar-refractivity contribution >= 4 is 17.2 Å². The van der Waals surface area contributed by atoms with Gasteiger partial charge in [0.2, 0.25) is 0 Å². The molecule has 2 rings (SSSR count). The number of hydrogen-bond donors (Lipinski definition) is 2. The van der Waals surface area contributed by atoms with Crippen LogP contribution in [0, 0.1) is 0 Å². The molecular weight excluding hydrogens is 256 g/mol. The van der Waals surface area contributed by atoms with Gasteiger partial charge in [0, 0.05) is 19.2 Å². The highest BCUT2D eigenvalue weighted by atomic mass is 32.1. The van der Waals surface area contributed by atoms with Crippen LogP contribution in [0.25, 0.3) is 0 Å². The van der Waals surface area contributed by atoms with Gasteiger partial charge < -0.3 is 10.6 Å². The Hall–Kier alpha value is -1.65. The van der Waals surface area contributed by atoms with Crippen LogP contribution in [0.2, 0.25) is 0 Å². The lowest BCUT2D eigenvalue weighted by Crippen LogP contribution is -2.18. The highest BCUT2D eigenvalue weighted by molar-refractivity contribution is 7.07. The van der Waals surface area contributed by atoms with Gasteiger partial charge in [-0.15, -0.1) is 0 Å². The Balaban J connectivity index is 1.75. The van der Waals surface area contributed by atoms with Crippen LogP contribution in [0.15, 0.2) is 41.1 Å². The first-order chi connectivity index (χ1) is 9.29. The quantitative estimate of drug-likeness (QED) is 0.794. The van der Waals surface area contributed by atoms with Crippen molar-refractivity contribution in [1.82, 2.24) is 10.6 Å². The van der Waals surface area contributed by atoms with E-state index in [1.165, 1.54) is 11.1 Å². The molecule has 100 valence electrons. The van der Waals surface area contributed by atoms with Gasteiger partial charge in [0.1, 0.15) is 0 Å². The van der Waals surface area contributed by atoms with Gasteiger partial charge in [0.25, 0.3) is 5.91 Å². The first kappa shape index (κ1) is 13.8. The molecule has 1 aromatic heterocycles. The molecule has 3 nitrogen and oxygen atoms in total. The van der Waals surface area contributed by atoms with Crippen LogP contribution >= 0.6 is 11.3 Å². The Kier molecular flexibility index (Phi) is 5.12. The SMILES string of the molecule is CNC(=O)c1ccc(CNCCc2ccsc2)cc1. The van der Waals surface area contributed by atoms with E-state index in [1.54, 1.807) is 18.4 Å². The number of rotatable bonds is 6. The average Bonchev–Trinajstić information content (AvgIpc) is 2.96. The van der Waals surface area contributed by atoms with Gasteiger partial charge in [0.15, 0.2) is 0 Å². The van der Waals surface area contributed by atoms with Crippen molar-refractivity contribution in [1.29, 1.82) is 0 Å². The summed E-state index contributed by atoms with van der Waals surface area (Å²) in [5.74, 6) is -0.0445. The van der Waals surface area contributed by atoms with E-state index in [4.69, 9.17) is 0 Å². The smallest absolute Gasteiger partial charge is 0.251 e. The summed E-state index contributed by atoms with van der Waals surface area (Å²) in [5.41, 5.74) is 3.27. The molecular formula is C15H18N2OS. The lowest BCUT2D eigenvalue weighted by atomic mass is 10.1. The Morgan fingerprint density at radius 3 is 2.58 bits per heavy atom. The predicted molar refractivity (Wildman–Crippen MR) is 79.6 cm³/mol. The number of nitrogens with one attached hydrogen (secondary N) is 2. The molecule has 0 bridgehead atoms. The van der Waals surface area contributed by atoms with E-state index in [0.29, 0.717) is 5.56 Å². The minimum atomic E-state index is -0.0445. The van der Waals surface area contributed by atoms with Gasteiger partial charge in [-0.2, -0.15) is 11.3 Å². The highest BCUT2D eigenvalue weighted by Gasteiger charge is 2.01. The molecule has 0 aliphatic heterocycles. The summed E-state index contributed by atoms with van der Waals surface area (Å²) >= 11 is 1.73. The van der Waals surface area contributed by atoms with Crippen molar-refractivity contribution in [2.75, 3.05) is 13.6 Å². The number of thiophene rings is 1. The molecule has 0 unspecified atom stereocenters. The van der Waals surface area contributed by atoms with E-state index in [-0.39, 0.29) is 5.91 Å².